The molecule has 2 atom stereocenters. The van der Waals surface area contributed by atoms with Crippen molar-refractivity contribution < 1.29 is 13.9 Å². The van der Waals surface area contributed by atoms with Gasteiger partial charge in [0, 0.05) is 50.1 Å². The number of aliphatic imine (C=N–C) groups is 1. The number of nitrogens with zero attached hydrogens (tertiary/aromatic N) is 7. The second-order valence-electron chi connectivity index (χ2n) is 9.69. The molecule has 0 aromatic carbocycles. The third-order valence-corrected chi connectivity index (χ3v) is 7.21. The van der Waals surface area contributed by atoms with Crippen LogP contribution in [-0.2, 0) is 4.74 Å². The van der Waals surface area contributed by atoms with Gasteiger partial charge in [-0.2, -0.15) is 9.97 Å². The maximum atomic E-state index is 14.3. The highest BCUT2D eigenvalue weighted by molar-refractivity contribution is 5.84. The molecule has 0 radical (unpaired) electrons. The van der Waals surface area contributed by atoms with Crippen molar-refractivity contribution in [1.29, 1.82) is 0 Å². The zero-order valence-electron chi connectivity index (χ0n) is 22.1. The molecule has 0 saturated carbocycles. The summed E-state index contributed by atoms with van der Waals surface area (Å²) in [7, 11) is 5.81. The molecule has 2 unspecified atom stereocenters. The summed E-state index contributed by atoms with van der Waals surface area (Å²) in [6.45, 7) is 6.76. The lowest BCUT2D eigenvalue weighted by atomic mass is 9.94. The van der Waals surface area contributed by atoms with Gasteiger partial charge in [0.05, 0.1) is 38.2 Å². The van der Waals surface area contributed by atoms with E-state index in [2.05, 4.69) is 37.8 Å². The summed E-state index contributed by atoms with van der Waals surface area (Å²) < 4.78 is 25.8. The van der Waals surface area contributed by atoms with Crippen LogP contribution in [0.2, 0.25) is 0 Å². The number of hydrogen-bond donors (Lipinski definition) is 0. The van der Waals surface area contributed by atoms with Gasteiger partial charge >= 0.3 is 6.01 Å². The van der Waals surface area contributed by atoms with Crippen LogP contribution in [0.4, 0.5) is 15.9 Å². The second-order valence-corrected chi connectivity index (χ2v) is 9.69. The summed E-state index contributed by atoms with van der Waals surface area (Å²) in [6, 6.07) is 1.93. The van der Waals surface area contributed by atoms with E-state index >= 15 is 0 Å². The zero-order valence-corrected chi connectivity index (χ0v) is 22.1. The van der Waals surface area contributed by atoms with E-state index in [4.69, 9.17) is 19.5 Å². The van der Waals surface area contributed by atoms with Crippen molar-refractivity contribution in [2.75, 3.05) is 57.2 Å². The smallest absolute Gasteiger partial charge is 0.318 e. The summed E-state index contributed by atoms with van der Waals surface area (Å²) in [4.78, 5) is 24.8. The molecule has 10 heteroatoms. The average molecular weight is 508 g/mol. The normalized spacial score (nSPS) is 21.8. The van der Waals surface area contributed by atoms with Gasteiger partial charge in [-0.25, -0.2) is 4.39 Å². The lowest BCUT2D eigenvalue weighted by Gasteiger charge is -2.32. The standard InChI is InChI=1S/C27H34FN7O2/c1-6-37-27-31-17(2)24-25(32-27)35(26(34(24)4)19-11-21(28)15-29-13-19)16-20-14-30-22(12-23(20)36-5)18-7-9-33(3)10-8-18/h7,11,13-15,22,26H,6,8-10,12,16H2,1-5H3. The number of likely N-dealkylation sites (N-methyl/N-ethyl adjacent to an activating group) is 1. The van der Waals surface area contributed by atoms with E-state index in [9.17, 15) is 4.39 Å². The van der Waals surface area contributed by atoms with E-state index in [0.29, 0.717) is 25.6 Å². The third kappa shape index (κ3) is 4.90. The number of methoxy groups -OCH3 is 1. The van der Waals surface area contributed by atoms with Crippen LogP contribution in [0.5, 0.6) is 6.01 Å². The molecule has 3 aliphatic heterocycles. The lowest BCUT2D eigenvalue weighted by Crippen LogP contribution is -2.36. The van der Waals surface area contributed by atoms with E-state index in [1.807, 2.05) is 27.1 Å². The van der Waals surface area contributed by atoms with Gasteiger partial charge in [-0.1, -0.05) is 6.08 Å². The van der Waals surface area contributed by atoms with Crippen molar-refractivity contribution >= 4 is 17.7 Å². The maximum absolute atomic E-state index is 14.3. The Balaban J connectivity index is 1.51. The van der Waals surface area contributed by atoms with Gasteiger partial charge in [0.2, 0.25) is 0 Å². The van der Waals surface area contributed by atoms with E-state index in [0.717, 1.165) is 53.6 Å². The number of aromatic nitrogens is 3. The first-order valence-corrected chi connectivity index (χ1v) is 12.7. The molecular formula is C27H34FN7O2. The Kier molecular flexibility index (Phi) is 7.10. The Morgan fingerprint density at radius 2 is 2.03 bits per heavy atom. The first-order valence-electron chi connectivity index (χ1n) is 12.7. The topological polar surface area (TPSA) is 79.2 Å². The monoisotopic (exact) mass is 507 g/mol. The Morgan fingerprint density at radius 3 is 2.73 bits per heavy atom. The van der Waals surface area contributed by atoms with Crippen molar-refractivity contribution in [2.24, 2.45) is 4.99 Å². The Hall–Kier alpha value is -3.53. The van der Waals surface area contributed by atoms with Crippen LogP contribution >= 0.6 is 0 Å². The number of hydrogen-bond acceptors (Lipinski definition) is 9. The highest BCUT2D eigenvalue weighted by Crippen LogP contribution is 2.46. The van der Waals surface area contributed by atoms with Crippen LogP contribution in [0.15, 0.2) is 46.4 Å². The molecule has 0 amide bonds. The highest BCUT2D eigenvalue weighted by Gasteiger charge is 2.40. The van der Waals surface area contributed by atoms with Crippen LogP contribution in [0.25, 0.3) is 0 Å². The fraction of sp³-hybridized carbons (Fsp3) is 0.481. The average Bonchev–Trinajstić information content (AvgIpc) is 3.16. The van der Waals surface area contributed by atoms with E-state index in [1.54, 1.807) is 13.3 Å². The van der Waals surface area contributed by atoms with Gasteiger partial charge in [0.1, 0.15) is 23.4 Å². The molecular weight excluding hydrogens is 473 g/mol. The molecule has 196 valence electrons. The SMILES string of the molecule is CCOc1nc(C)c2c(n1)N(CC1=C(OC)CC(C3=CCN(C)CC3)N=C1)C(c1cncc(F)c1)N2C. The largest absolute Gasteiger partial charge is 0.501 e. The summed E-state index contributed by atoms with van der Waals surface area (Å²) in [6.07, 6.45) is 8.52. The van der Waals surface area contributed by atoms with Crippen molar-refractivity contribution in [3.63, 3.8) is 0 Å². The van der Waals surface area contributed by atoms with E-state index in [1.165, 1.54) is 17.8 Å². The summed E-state index contributed by atoms with van der Waals surface area (Å²) >= 11 is 0. The van der Waals surface area contributed by atoms with Gasteiger partial charge in [-0.05, 0) is 39.0 Å². The van der Waals surface area contributed by atoms with Crippen molar-refractivity contribution in [1.82, 2.24) is 19.9 Å². The minimum absolute atomic E-state index is 0.0956. The van der Waals surface area contributed by atoms with Crippen molar-refractivity contribution in [2.45, 2.75) is 38.9 Å². The number of pyridine rings is 1. The van der Waals surface area contributed by atoms with Gasteiger partial charge in [-0.3, -0.25) is 9.98 Å². The summed E-state index contributed by atoms with van der Waals surface area (Å²) in [5, 5.41) is 0. The quantitative estimate of drug-likeness (QED) is 0.526. The minimum atomic E-state index is -0.384. The Bertz CT molecular complexity index is 1260. The van der Waals surface area contributed by atoms with Gasteiger partial charge in [0.15, 0.2) is 5.82 Å². The molecule has 0 spiro atoms. The summed E-state index contributed by atoms with van der Waals surface area (Å²) in [5.41, 5.74) is 4.72. The number of anilines is 2. The molecule has 0 bridgehead atoms. The molecule has 37 heavy (non-hydrogen) atoms. The Labute approximate surface area is 217 Å². The van der Waals surface area contributed by atoms with Crippen LogP contribution in [0.1, 0.15) is 37.2 Å². The van der Waals surface area contributed by atoms with Crippen LogP contribution in [-0.4, -0.2) is 79.6 Å². The predicted molar refractivity (Wildman–Crippen MR) is 142 cm³/mol. The van der Waals surface area contributed by atoms with Gasteiger partial charge < -0.3 is 24.2 Å². The van der Waals surface area contributed by atoms with Crippen LogP contribution < -0.4 is 14.5 Å². The summed E-state index contributed by atoms with van der Waals surface area (Å²) in [5.74, 6) is 1.25. The van der Waals surface area contributed by atoms with E-state index < -0.39 is 0 Å². The van der Waals surface area contributed by atoms with Gasteiger partial charge in [0.25, 0.3) is 0 Å². The number of rotatable bonds is 7. The third-order valence-electron chi connectivity index (χ3n) is 7.21. The van der Waals surface area contributed by atoms with Gasteiger partial charge in [-0.15, -0.1) is 0 Å². The van der Waals surface area contributed by atoms with Crippen molar-refractivity contribution in [3.05, 3.63) is 58.5 Å². The van der Waals surface area contributed by atoms with Crippen LogP contribution in [0, 0.1) is 12.7 Å². The highest BCUT2D eigenvalue weighted by atomic mass is 19.1. The molecule has 5 heterocycles. The number of fused-ring (bicyclic) bond motifs is 1. The van der Waals surface area contributed by atoms with Crippen LogP contribution in [0.3, 0.4) is 0 Å². The van der Waals surface area contributed by atoms with Crippen molar-refractivity contribution in [3.8, 4) is 6.01 Å². The fourth-order valence-corrected chi connectivity index (χ4v) is 5.37. The molecule has 2 aromatic heterocycles. The fourth-order valence-electron chi connectivity index (χ4n) is 5.37. The number of aryl methyl sites for hydroxylation is 1. The first-order chi connectivity index (χ1) is 17.9. The maximum Gasteiger partial charge on any atom is 0.318 e. The molecule has 0 fully saturated rings. The Morgan fingerprint density at radius 1 is 1.19 bits per heavy atom. The second kappa shape index (κ2) is 10.5. The molecule has 0 saturated heterocycles. The first kappa shape index (κ1) is 25.1. The molecule has 0 aliphatic carbocycles. The predicted octanol–water partition coefficient (Wildman–Crippen LogP) is 3.68. The molecule has 2 aromatic rings. The van der Waals surface area contributed by atoms with E-state index in [-0.39, 0.29) is 18.0 Å². The number of dihydropyridines is 1. The molecule has 5 rings (SSSR count). The molecule has 3 aliphatic rings. The number of halogens is 1. The lowest BCUT2D eigenvalue weighted by molar-refractivity contribution is 0.266. The molecule has 0 N–H and O–H groups in total. The zero-order chi connectivity index (χ0) is 26.1. The number of ether oxygens (including phenoxy) is 2. The molecule has 9 nitrogen and oxygen atoms in total. The minimum Gasteiger partial charge on any atom is -0.501 e.